The molecule has 0 heterocycles. The van der Waals surface area contributed by atoms with Crippen LogP contribution >= 0.6 is 0 Å². The summed E-state index contributed by atoms with van der Waals surface area (Å²) in [7, 11) is 1.71. The third kappa shape index (κ3) is 8.32. The first-order valence-electron chi connectivity index (χ1n) is 6.31. The normalized spacial score (nSPS) is 13.3. The molecule has 17 heavy (non-hydrogen) atoms. The fraction of sp³-hybridized carbons (Fsp3) is 0.846. The maximum Gasteiger partial charge on any atom is 0.0630 e. The molecule has 0 aliphatic heterocycles. The van der Waals surface area contributed by atoms with Crippen molar-refractivity contribution in [2.24, 2.45) is 5.92 Å². The molecule has 0 aromatic heterocycles. The Morgan fingerprint density at radius 2 is 2.12 bits per heavy atom. The molecule has 0 fully saturated rings. The van der Waals surface area contributed by atoms with Gasteiger partial charge in [0.25, 0.3) is 0 Å². The minimum Gasteiger partial charge on any atom is -0.395 e. The van der Waals surface area contributed by atoms with E-state index in [2.05, 4.69) is 30.6 Å². The van der Waals surface area contributed by atoms with E-state index in [0.717, 1.165) is 19.6 Å². The van der Waals surface area contributed by atoms with Crippen molar-refractivity contribution in [2.75, 3.05) is 46.5 Å². The van der Waals surface area contributed by atoms with Crippen LogP contribution in [-0.2, 0) is 4.74 Å². The van der Waals surface area contributed by atoms with Crippen LogP contribution in [0, 0.1) is 5.92 Å². The summed E-state index contributed by atoms with van der Waals surface area (Å²) in [4.78, 5) is 2.18. The predicted molar refractivity (Wildman–Crippen MR) is 72.2 cm³/mol. The van der Waals surface area contributed by atoms with Crippen LogP contribution in [0.3, 0.4) is 0 Å². The number of nitrogens with one attached hydrogen (secondary N) is 1. The molecule has 4 nitrogen and oxygen atoms in total. The van der Waals surface area contributed by atoms with Gasteiger partial charge in [0, 0.05) is 32.8 Å². The van der Waals surface area contributed by atoms with E-state index in [1.165, 1.54) is 0 Å². The first kappa shape index (κ1) is 16.6. The Bertz CT molecular complexity index is 186. The molecule has 2 N–H and O–H groups in total. The summed E-state index contributed by atoms with van der Waals surface area (Å²) in [6, 6.07) is 0.281. The van der Waals surface area contributed by atoms with Crippen LogP contribution in [0.2, 0.25) is 0 Å². The zero-order valence-corrected chi connectivity index (χ0v) is 11.5. The van der Waals surface area contributed by atoms with E-state index in [9.17, 15) is 0 Å². The van der Waals surface area contributed by atoms with Crippen LogP contribution in [0.1, 0.15) is 13.8 Å². The van der Waals surface area contributed by atoms with Gasteiger partial charge in [0.15, 0.2) is 0 Å². The van der Waals surface area contributed by atoms with Crippen LogP contribution in [0.5, 0.6) is 0 Å². The number of rotatable bonds is 11. The Hall–Kier alpha value is -0.420. The molecule has 102 valence electrons. The third-order valence-corrected chi connectivity index (χ3v) is 2.56. The highest BCUT2D eigenvalue weighted by molar-refractivity contribution is 4.81. The van der Waals surface area contributed by atoms with Crippen molar-refractivity contribution >= 4 is 0 Å². The molecule has 0 aliphatic carbocycles. The number of hydrogen-bond donors (Lipinski definition) is 2. The topological polar surface area (TPSA) is 44.7 Å². The summed E-state index contributed by atoms with van der Waals surface area (Å²) >= 11 is 0. The zero-order chi connectivity index (χ0) is 13.1. The van der Waals surface area contributed by atoms with Crippen molar-refractivity contribution in [3.05, 3.63) is 12.7 Å². The third-order valence-electron chi connectivity index (χ3n) is 2.56. The number of aliphatic hydroxyl groups excluding tert-OH is 1. The lowest BCUT2D eigenvalue weighted by molar-refractivity contribution is 0.0833. The average molecular weight is 244 g/mol. The Labute approximate surface area is 106 Å². The smallest absolute Gasteiger partial charge is 0.0630 e. The summed E-state index contributed by atoms with van der Waals surface area (Å²) in [5.41, 5.74) is 0. The summed E-state index contributed by atoms with van der Waals surface area (Å²) in [6.07, 6.45) is 1.86. The molecule has 1 atom stereocenters. The second-order valence-electron chi connectivity index (χ2n) is 4.67. The van der Waals surface area contributed by atoms with Crippen LogP contribution in [0.25, 0.3) is 0 Å². The van der Waals surface area contributed by atoms with E-state index in [4.69, 9.17) is 9.84 Å². The standard InChI is InChI=1S/C13H28N2O2/c1-5-6-15(7-8-16)13(11-17-4)10-14-9-12(2)3/h5,12-14,16H,1,6-11H2,2-4H3. The molecule has 4 heteroatoms. The first-order valence-corrected chi connectivity index (χ1v) is 6.31. The van der Waals surface area contributed by atoms with Crippen LogP contribution in [0.4, 0.5) is 0 Å². The number of methoxy groups -OCH3 is 1. The van der Waals surface area contributed by atoms with E-state index in [1.807, 2.05) is 6.08 Å². The molecule has 0 spiro atoms. The van der Waals surface area contributed by atoms with Gasteiger partial charge in [0.05, 0.1) is 13.2 Å². The maximum atomic E-state index is 9.06. The van der Waals surface area contributed by atoms with E-state index in [1.54, 1.807) is 7.11 Å². The van der Waals surface area contributed by atoms with Crippen molar-refractivity contribution in [3.63, 3.8) is 0 Å². The molecule has 0 saturated heterocycles. The van der Waals surface area contributed by atoms with Crippen LogP contribution in [0.15, 0.2) is 12.7 Å². The summed E-state index contributed by atoms with van der Waals surface area (Å²) < 4.78 is 5.24. The zero-order valence-electron chi connectivity index (χ0n) is 11.5. The minimum atomic E-state index is 0.165. The molecular weight excluding hydrogens is 216 g/mol. The Morgan fingerprint density at radius 3 is 2.59 bits per heavy atom. The van der Waals surface area contributed by atoms with Crippen molar-refractivity contribution in [2.45, 2.75) is 19.9 Å². The average Bonchev–Trinajstić information content (AvgIpc) is 2.27. The van der Waals surface area contributed by atoms with Crippen molar-refractivity contribution < 1.29 is 9.84 Å². The lowest BCUT2D eigenvalue weighted by Crippen LogP contribution is -2.47. The molecule has 0 saturated carbocycles. The molecular formula is C13H28N2O2. The Morgan fingerprint density at radius 1 is 1.41 bits per heavy atom. The van der Waals surface area contributed by atoms with Gasteiger partial charge in [-0.3, -0.25) is 4.90 Å². The molecule has 0 amide bonds. The van der Waals surface area contributed by atoms with E-state index < -0.39 is 0 Å². The van der Waals surface area contributed by atoms with Crippen molar-refractivity contribution in [1.82, 2.24) is 10.2 Å². The highest BCUT2D eigenvalue weighted by atomic mass is 16.5. The van der Waals surface area contributed by atoms with Gasteiger partial charge >= 0.3 is 0 Å². The lowest BCUT2D eigenvalue weighted by Gasteiger charge is -2.30. The SMILES string of the molecule is C=CCN(CCO)C(CNCC(C)C)COC. The molecule has 0 rings (SSSR count). The first-order chi connectivity index (χ1) is 8.15. The summed E-state index contributed by atoms with van der Waals surface area (Å²) in [5, 5.41) is 12.5. The number of nitrogens with zero attached hydrogens (tertiary/aromatic N) is 1. The molecule has 0 aromatic carbocycles. The highest BCUT2D eigenvalue weighted by Crippen LogP contribution is 2.00. The van der Waals surface area contributed by atoms with Gasteiger partial charge in [-0.05, 0) is 12.5 Å². The Balaban J connectivity index is 4.17. The fourth-order valence-electron chi connectivity index (χ4n) is 1.74. The fourth-order valence-corrected chi connectivity index (χ4v) is 1.74. The summed E-state index contributed by atoms with van der Waals surface area (Å²) in [6.45, 7) is 12.3. The second-order valence-corrected chi connectivity index (χ2v) is 4.67. The molecule has 0 aliphatic rings. The van der Waals surface area contributed by atoms with Gasteiger partial charge in [-0.1, -0.05) is 19.9 Å². The van der Waals surface area contributed by atoms with Gasteiger partial charge in [-0.25, -0.2) is 0 Å². The molecule has 0 aromatic rings. The van der Waals surface area contributed by atoms with E-state index in [-0.39, 0.29) is 12.6 Å². The quantitative estimate of drug-likeness (QED) is 0.526. The minimum absolute atomic E-state index is 0.165. The second kappa shape index (κ2) is 10.7. The van der Waals surface area contributed by atoms with Gasteiger partial charge in [0.2, 0.25) is 0 Å². The lowest BCUT2D eigenvalue weighted by atomic mass is 10.2. The van der Waals surface area contributed by atoms with Crippen LogP contribution < -0.4 is 5.32 Å². The molecule has 0 radical (unpaired) electrons. The number of aliphatic hydroxyl groups is 1. The van der Waals surface area contributed by atoms with Gasteiger partial charge in [-0.15, -0.1) is 6.58 Å². The van der Waals surface area contributed by atoms with Crippen molar-refractivity contribution in [1.29, 1.82) is 0 Å². The summed E-state index contributed by atoms with van der Waals surface area (Å²) in [5.74, 6) is 0.642. The molecule has 0 bridgehead atoms. The largest absolute Gasteiger partial charge is 0.395 e. The van der Waals surface area contributed by atoms with Crippen molar-refractivity contribution in [3.8, 4) is 0 Å². The van der Waals surface area contributed by atoms with Gasteiger partial charge in [0.1, 0.15) is 0 Å². The highest BCUT2D eigenvalue weighted by Gasteiger charge is 2.16. The number of hydrogen-bond acceptors (Lipinski definition) is 4. The molecule has 1 unspecified atom stereocenters. The Kier molecular flexibility index (Phi) is 10.5. The maximum absolute atomic E-state index is 9.06. The van der Waals surface area contributed by atoms with Crippen LogP contribution in [-0.4, -0.2) is 62.6 Å². The van der Waals surface area contributed by atoms with Gasteiger partial charge in [-0.2, -0.15) is 0 Å². The van der Waals surface area contributed by atoms with E-state index in [0.29, 0.717) is 19.1 Å². The van der Waals surface area contributed by atoms with E-state index >= 15 is 0 Å². The monoisotopic (exact) mass is 244 g/mol. The number of ether oxygens (including phenoxy) is 1. The van der Waals surface area contributed by atoms with Gasteiger partial charge < -0.3 is 15.2 Å². The predicted octanol–water partition coefficient (Wildman–Crippen LogP) is 0.727.